The topological polar surface area (TPSA) is 40.6 Å². The molecule has 4 nitrogen and oxygen atoms in total. The molecule has 1 aliphatic carbocycles. The molecule has 2 aliphatic rings. The van der Waals surface area contributed by atoms with E-state index in [9.17, 15) is 8.42 Å². The van der Waals surface area contributed by atoms with Crippen molar-refractivity contribution in [2.75, 3.05) is 26.2 Å². The first kappa shape index (κ1) is 20.9. The molecule has 1 unspecified atom stereocenters. The summed E-state index contributed by atoms with van der Waals surface area (Å²) in [4.78, 5) is 2.81. The third-order valence-electron chi connectivity index (χ3n) is 6.33. The molecule has 0 aromatic heterocycles. The van der Waals surface area contributed by atoms with Gasteiger partial charge in [0.05, 0.1) is 5.02 Å². The van der Waals surface area contributed by atoms with Crippen molar-refractivity contribution < 1.29 is 8.42 Å². The van der Waals surface area contributed by atoms with E-state index in [-0.39, 0.29) is 9.92 Å². The third-order valence-corrected chi connectivity index (χ3v) is 8.80. The van der Waals surface area contributed by atoms with Crippen LogP contribution in [0, 0.1) is 0 Å². The van der Waals surface area contributed by atoms with Gasteiger partial charge in [-0.25, -0.2) is 8.42 Å². The molecule has 29 heavy (non-hydrogen) atoms. The molecule has 0 amide bonds. The molecular weight excluding hydrogens is 404 g/mol. The van der Waals surface area contributed by atoms with Gasteiger partial charge in [0.25, 0.3) is 0 Å². The van der Waals surface area contributed by atoms with Crippen molar-refractivity contribution in [3.05, 3.63) is 64.2 Å². The van der Waals surface area contributed by atoms with Gasteiger partial charge in [0.2, 0.25) is 10.0 Å². The summed E-state index contributed by atoms with van der Waals surface area (Å²) in [5.41, 5.74) is 4.64. The van der Waals surface area contributed by atoms with Crippen molar-refractivity contribution in [3.63, 3.8) is 0 Å². The van der Waals surface area contributed by atoms with E-state index in [1.165, 1.54) is 24.0 Å². The maximum absolute atomic E-state index is 13.0. The van der Waals surface area contributed by atoms with Gasteiger partial charge < -0.3 is 0 Å². The van der Waals surface area contributed by atoms with Crippen molar-refractivity contribution in [2.45, 2.75) is 50.0 Å². The lowest BCUT2D eigenvalue weighted by molar-refractivity contribution is 0.181. The van der Waals surface area contributed by atoms with Gasteiger partial charge in [-0.15, -0.1) is 0 Å². The normalized spacial score (nSPS) is 18.9. The average Bonchev–Trinajstić information content (AvgIpc) is 3.15. The minimum Gasteiger partial charge on any atom is -0.296 e. The van der Waals surface area contributed by atoms with Gasteiger partial charge in [-0.3, -0.25) is 4.90 Å². The van der Waals surface area contributed by atoms with E-state index in [0.29, 0.717) is 19.1 Å². The van der Waals surface area contributed by atoms with Gasteiger partial charge in [0, 0.05) is 25.7 Å². The first-order valence-corrected chi connectivity index (χ1v) is 12.4. The van der Waals surface area contributed by atoms with Crippen LogP contribution < -0.4 is 0 Å². The lowest BCUT2D eigenvalue weighted by atomic mass is 9.93. The highest BCUT2D eigenvalue weighted by atomic mass is 35.5. The van der Waals surface area contributed by atoms with E-state index >= 15 is 0 Å². The Morgan fingerprint density at radius 1 is 1.07 bits per heavy atom. The van der Waals surface area contributed by atoms with Crippen LogP contribution in [-0.4, -0.2) is 43.8 Å². The zero-order chi connectivity index (χ0) is 20.4. The van der Waals surface area contributed by atoms with Gasteiger partial charge >= 0.3 is 0 Å². The number of hydrogen-bond donors (Lipinski definition) is 0. The molecule has 4 rings (SSSR count). The number of aryl methyl sites for hydroxylation is 1. The summed E-state index contributed by atoms with van der Waals surface area (Å²) >= 11 is 6.14. The number of rotatable bonds is 8. The second kappa shape index (κ2) is 8.76. The second-order valence-corrected chi connectivity index (χ2v) is 10.3. The van der Waals surface area contributed by atoms with E-state index in [1.807, 2.05) is 6.92 Å². The summed E-state index contributed by atoms with van der Waals surface area (Å²) in [7, 11) is -3.55. The zero-order valence-corrected chi connectivity index (χ0v) is 18.6. The quantitative estimate of drug-likeness (QED) is 0.569. The molecule has 0 fully saturated rings. The van der Waals surface area contributed by atoms with Crippen molar-refractivity contribution >= 4 is 21.6 Å². The van der Waals surface area contributed by atoms with Crippen molar-refractivity contribution in [1.82, 2.24) is 9.21 Å². The molecule has 6 heteroatoms. The first-order valence-electron chi connectivity index (χ1n) is 10.6. The van der Waals surface area contributed by atoms with Crippen molar-refractivity contribution in [3.8, 4) is 0 Å². The summed E-state index contributed by atoms with van der Waals surface area (Å²) in [6.45, 7) is 5.01. The number of hydrogen-bond acceptors (Lipinski definition) is 3. The van der Waals surface area contributed by atoms with Crippen LogP contribution in [0.1, 0.15) is 48.9 Å². The molecule has 0 saturated carbocycles. The predicted octanol–water partition coefficient (Wildman–Crippen LogP) is 4.68. The molecule has 2 aromatic carbocycles. The predicted molar refractivity (Wildman–Crippen MR) is 118 cm³/mol. The monoisotopic (exact) mass is 432 g/mol. The van der Waals surface area contributed by atoms with E-state index in [1.54, 1.807) is 34.1 Å². The number of halogens is 1. The zero-order valence-electron chi connectivity index (χ0n) is 17.0. The Labute approximate surface area is 179 Å². The van der Waals surface area contributed by atoms with Crippen LogP contribution in [0.5, 0.6) is 0 Å². The molecule has 0 saturated heterocycles. The fourth-order valence-electron chi connectivity index (χ4n) is 4.86. The van der Waals surface area contributed by atoms with Gasteiger partial charge in [-0.05, 0) is 67.5 Å². The maximum atomic E-state index is 13.0. The Balaban J connectivity index is 1.34. The van der Waals surface area contributed by atoms with E-state index in [4.69, 9.17) is 11.6 Å². The molecule has 0 bridgehead atoms. The van der Waals surface area contributed by atoms with Crippen LogP contribution in [0.4, 0.5) is 0 Å². The van der Waals surface area contributed by atoms with E-state index in [0.717, 1.165) is 32.4 Å². The Kier molecular flexibility index (Phi) is 6.30. The SMILES string of the molecule is CCN(CCCCN1CCc2cccc3c2C1CC3)S(=O)(=O)c1ccccc1Cl. The van der Waals surface area contributed by atoms with Crippen LogP contribution >= 0.6 is 11.6 Å². The summed E-state index contributed by atoms with van der Waals surface area (Å²) < 4.78 is 27.5. The number of unbranched alkanes of at least 4 members (excludes halogenated alkanes) is 1. The maximum Gasteiger partial charge on any atom is 0.244 e. The highest BCUT2D eigenvalue weighted by Gasteiger charge is 2.33. The fraction of sp³-hybridized carbons (Fsp3) is 0.478. The molecule has 0 radical (unpaired) electrons. The Morgan fingerprint density at radius 3 is 2.59 bits per heavy atom. The average molecular weight is 433 g/mol. The number of nitrogens with zero attached hydrogens (tertiary/aromatic N) is 2. The minimum atomic E-state index is -3.55. The van der Waals surface area contributed by atoms with Crippen LogP contribution in [-0.2, 0) is 22.9 Å². The highest BCUT2D eigenvalue weighted by molar-refractivity contribution is 7.89. The third kappa shape index (κ3) is 4.11. The largest absolute Gasteiger partial charge is 0.296 e. The molecule has 2 aromatic rings. The Morgan fingerprint density at radius 2 is 1.83 bits per heavy atom. The Hall–Kier alpha value is -1.40. The molecule has 0 spiro atoms. The molecule has 0 N–H and O–H groups in total. The molecule has 1 heterocycles. The summed E-state index contributed by atoms with van der Waals surface area (Å²) in [6.07, 6.45) is 5.39. The smallest absolute Gasteiger partial charge is 0.244 e. The van der Waals surface area contributed by atoms with Gasteiger partial charge in [0.1, 0.15) is 4.90 Å². The van der Waals surface area contributed by atoms with Gasteiger partial charge in [-0.2, -0.15) is 4.31 Å². The fourth-order valence-corrected chi connectivity index (χ4v) is 6.84. The van der Waals surface area contributed by atoms with E-state index in [2.05, 4.69) is 23.1 Å². The van der Waals surface area contributed by atoms with E-state index < -0.39 is 10.0 Å². The Bertz CT molecular complexity index is 977. The van der Waals surface area contributed by atoms with Crippen LogP contribution in [0.25, 0.3) is 0 Å². The van der Waals surface area contributed by atoms with Crippen molar-refractivity contribution in [2.24, 2.45) is 0 Å². The molecule has 156 valence electrons. The molecule has 1 aliphatic heterocycles. The summed E-state index contributed by atoms with van der Waals surface area (Å²) in [5.74, 6) is 0. The van der Waals surface area contributed by atoms with Crippen LogP contribution in [0.15, 0.2) is 47.4 Å². The standard InChI is InChI=1S/C23H29ClN2O2S/c1-2-26(29(27,28)22-11-4-3-10-20(22)24)16-6-5-15-25-17-14-19-9-7-8-18-12-13-21(25)23(18)19/h3-4,7-11,21H,2,5-6,12-17H2,1H3. The lowest BCUT2D eigenvalue weighted by Crippen LogP contribution is -2.36. The van der Waals surface area contributed by atoms with Gasteiger partial charge in [-0.1, -0.05) is 48.9 Å². The molecular formula is C23H29ClN2O2S. The summed E-state index contributed by atoms with van der Waals surface area (Å²) in [5, 5.41) is 0.287. The van der Waals surface area contributed by atoms with Crippen molar-refractivity contribution in [1.29, 1.82) is 0 Å². The number of benzene rings is 2. The summed E-state index contributed by atoms with van der Waals surface area (Å²) in [6, 6.07) is 14.0. The second-order valence-electron chi connectivity index (χ2n) is 7.96. The van der Waals surface area contributed by atoms with Crippen LogP contribution in [0.2, 0.25) is 5.02 Å². The van der Waals surface area contributed by atoms with Crippen LogP contribution in [0.3, 0.4) is 0 Å². The van der Waals surface area contributed by atoms with Gasteiger partial charge in [0.15, 0.2) is 0 Å². The molecule has 1 atom stereocenters. The first-order chi connectivity index (χ1) is 14.0. The highest BCUT2D eigenvalue weighted by Crippen LogP contribution is 2.41. The minimum absolute atomic E-state index is 0.203. The number of sulfonamides is 1. The lowest BCUT2D eigenvalue weighted by Gasteiger charge is -2.35.